The highest BCUT2D eigenvalue weighted by atomic mass is 32.2. The summed E-state index contributed by atoms with van der Waals surface area (Å²) in [4.78, 5) is 25.4. The van der Waals surface area contributed by atoms with E-state index in [1.165, 1.54) is 30.2 Å². The lowest BCUT2D eigenvalue weighted by molar-refractivity contribution is -0.120. The Labute approximate surface area is 212 Å². The summed E-state index contributed by atoms with van der Waals surface area (Å²) in [5.41, 5.74) is 4.83. The van der Waals surface area contributed by atoms with Crippen LogP contribution < -0.4 is 15.8 Å². The van der Waals surface area contributed by atoms with Gasteiger partial charge in [0, 0.05) is 34.6 Å². The molecule has 1 aromatic carbocycles. The van der Waals surface area contributed by atoms with E-state index >= 15 is 0 Å². The van der Waals surface area contributed by atoms with Gasteiger partial charge in [0.25, 0.3) is 5.91 Å². The second-order valence-corrected chi connectivity index (χ2v) is 11.6. The van der Waals surface area contributed by atoms with Gasteiger partial charge in [0.2, 0.25) is 5.88 Å². The van der Waals surface area contributed by atoms with Crippen LogP contribution in [-0.4, -0.2) is 59.3 Å². The topological polar surface area (TPSA) is 121 Å². The number of thioether (sulfide) groups is 1. The molecule has 1 amide bonds. The number of hydrogen-bond acceptors (Lipinski definition) is 9. The van der Waals surface area contributed by atoms with Gasteiger partial charge in [0.05, 0.1) is 44.4 Å². The number of ether oxygens (including phenoxy) is 3. The average molecular weight is 522 g/mol. The number of amidine groups is 1. The SMILES string of the molecule is COC[C@@]1(C)C[C@@](C)(c2cc(NC(=O)c3cnc(OCC4(C)COC4)cn3)cc(F)c2F)N=C(N)S1. The number of methoxy groups -OCH3 is 1. The molecule has 12 heteroatoms. The van der Waals surface area contributed by atoms with Crippen LogP contribution >= 0.6 is 11.8 Å². The first-order chi connectivity index (χ1) is 16.9. The summed E-state index contributed by atoms with van der Waals surface area (Å²) in [6, 6.07) is 2.27. The molecule has 4 rings (SSSR count). The Balaban J connectivity index is 1.52. The monoisotopic (exact) mass is 521 g/mol. The molecule has 9 nitrogen and oxygen atoms in total. The van der Waals surface area contributed by atoms with Crippen LogP contribution in [0.25, 0.3) is 0 Å². The third-order valence-electron chi connectivity index (χ3n) is 6.07. The number of benzene rings is 1. The fourth-order valence-electron chi connectivity index (χ4n) is 4.40. The van der Waals surface area contributed by atoms with Crippen molar-refractivity contribution in [1.29, 1.82) is 0 Å². The van der Waals surface area contributed by atoms with Gasteiger partial charge >= 0.3 is 0 Å². The van der Waals surface area contributed by atoms with E-state index in [4.69, 9.17) is 19.9 Å². The molecule has 2 aliphatic rings. The van der Waals surface area contributed by atoms with Crippen LogP contribution in [0.15, 0.2) is 29.5 Å². The van der Waals surface area contributed by atoms with E-state index in [-0.39, 0.29) is 33.4 Å². The molecule has 1 saturated heterocycles. The third kappa shape index (κ3) is 5.60. The van der Waals surface area contributed by atoms with Crippen molar-refractivity contribution in [2.45, 2.75) is 37.5 Å². The molecule has 2 aromatic rings. The van der Waals surface area contributed by atoms with Crippen molar-refractivity contribution >= 4 is 28.5 Å². The van der Waals surface area contributed by atoms with Gasteiger partial charge < -0.3 is 25.3 Å². The minimum Gasteiger partial charge on any atom is -0.476 e. The zero-order valence-corrected chi connectivity index (χ0v) is 21.4. The zero-order chi connectivity index (χ0) is 26.1. The van der Waals surface area contributed by atoms with Crippen LogP contribution in [0.1, 0.15) is 43.2 Å². The predicted molar refractivity (Wildman–Crippen MR) is 132 cm³/mol. The first kappa shape index (κ1) is 26.2. The van der Waals surface area contributed by atoms with Crippen LogP contribution in [0.4, 0.5) is 14.5 Å². The summed E-state index contributed by atoms with van der Waals surface area (Å²) >= 11 is 1.33. The Morgan fingerprint density at radius 3 is 2.56 bits per heavy atom. The van der Waals surface area contributed by atoms with Gasteiger partial charge in [-0.1, -0.05) is 18.7 Å². The van der Waals surface area contributed by atoms with Crippen LogP contribution in [0.5, 0.6) is 5.88 Å². The molecule has 0 radical (unpaired) electrons. The van der Waals surface area contributed by atoms with E-state index < -0.39 is 27.8 Å². The van der Waals surface area contributed by atoms with Crippen molar-refractivity contribution in [2.24, 2.45) is 16.1 Å². The van der Waals surface area contributed by atoms with E-state index in [1.54, 1.807) is 14.0 Å². The van der Waals surface area contributed by atoms with E-state index in [2.05, 4.69) is 20.3 Å². The lowest BCUT2D eigenvalue weighted by atomic mass is 9.83. The molecular weight excluding hydrogens is 492 g/mol. The number of carbonyl (C=O) groups is 1. The number of amides is 1. The van der Waals surface area contributed by atoms with Gasteiger partial charge in [0.15, 0.2) is 16.8 Å². The van der Waals surface area contributed by atoms with Gasteiger partial charge in [-0.25, -0.2) is 18.7 Å². The fourth-order valence-corrected chi connectivity index (χ4v) is 5.68. The van der Waals surface area contributed by atoms with Crippen molar-refractivity contribution in [2.75, 3.05) is 38.9 Å². The van der Waals surface area contributed by atoms with Gasteiger partial charge in [-0.2, -0.15) is 0 Å². The lowest BCUT2D eigenvalue weighted by Crippen LogP contribution is -2.44. The lowest BCUT2D eigenvalue weighted by Gasteiger charge is -2.41. The number of nitrogens with zero attached hydrogens (tertiary/aromatic N) is 3. The molecule has 0 bridgehead atoms. The number of carbonyl (C=O) groups excluding carboxylic acids is 1. The standard InChI is InChI=1S/C24H29F2N5O4S/c1-22(10-34-11-22)12-35-18-8-28-17(7-29-18)20(32)30-14-5-15(19(26)16(25)6-14)24(3)9-23(2,13-33-4)36-21(27)31-24/h5-8H,9-13H2,1-4H3,(H2,27,31)(H,30,32)/t23-,24+/m1/s1. The molecule has 0 unspecified atom stereocenters. The van der Waals surface area contributed by atoms with Crippen molar-refractivity contribution < 1.29 is 27.8 Å². The van der Waals surface area contributed by atoms with Crippen LogP contribution in [0.2, 0.25) is 0 Å². The molecule has 0 aliphatic carbocycles. The molecular formula is C24H29F2N5O4S. The highest BCUT2D eigenvalue weighted by molar-refractivity contribution is 8.15. The summed E-state index contributed by atoms with van der Waals surface area (Å²) in [6.07, 6.45) is 2.93. The minimum atomic E-state index is -1.17. The summed E-state index contributed by atoms with van der Waals surface area (Å²) in [5, 5.41) is 2.80. The number of aliphatic imine (C=N–C) groups is 1. The molecule has 194 valence electrons. The predicted octanol–water partition coefficient (Wildman–Crippen LogP) is 3.49. The molecule has 1 aromatic heterocycles. The molecule has 3 heterocycles. The summed E-state index contributed by atoms with van der Waals surface area (Å²) < 4.78 is 45.2. The summed E-state index contributed by atoms with van der Waals surface area (Å²) in [6.45, 7) is 7.61. The van der Waals surface area contributed by atoms with Gasteiger partial charge in [-0.05, 0) is 26.3 Å². The summed E-state index contributed by atoms with van der Waals surface area (Å²) in [5.74, 6) is -2.53. The van der Waals surface area contributed by atoms with Gasteiger partial charge in [0.1, 0.15) is 5.69 Å². The Kier molecular flexibility index (Phi) is 7.22. The first-order valence-corrected chi connectivity index (χ1v) is 12.1. The zero-order valence-electron chi connectivity index (χ0n) is 20.6. The smallest absolute Gasteiger partial charge is 0.275 e. The highest BCUT2D eigenvalue weighted by Gasteiger charge is 2.44. The normalized spacial score (nSPS) is 25.0. The molecule has 1 fully saturated rings. The average Bonchev–Trinajstić information content (AvgIpc) is 2.78. The van der Waals surface area contributed by atoms with Crippen molar-refractivity contribution in [3.63, 3.8) is 0 Å². The second-order valence-electron chi connectivity index (χ2n) is 9.99. The Hall–Kier alpha value is -2.83. The van der Waals surface area contributed by atoms with Crippen molar-refractivity contribution in [1.82, 2.24) is 9.97 Å². The number of rotatable bonds is 8. The number of halogens is 2. The second kappa shape index (κ2) is 9.91. The van der Waals surface area contributed by atoms with Crippen LogP contribution in [-0.2, 0) is 15.0 Å². The van der Waals surface area contributed by atoms with Crippen molar-refractivity contribution in [3.8, 4) is 5.88 Å². The third-order valence-corrected chi connectivity index (χ3v) is 7.13. The van der Waals surface area contributed by atoms with Gasteiger partial charge in [-0.3, -0.25) is 9.79 Å². The number of nitrogens with two attached hydrogens (primary N) is 1. The molecule has 36 heavy (non-hydrogen) atoms. The molecule has 3 N–H and O–H groups in total. The maximum Gasteiger partial charge on any atom is 0.275 e. The molecule has 0 saturated carbocycles. The number of aromatic nitrogens is 2. The molecule has 2 atom stereocenters. The van der Waals surface area contributed by atoms with Crippen molar-refractivity contribution in [3.05, 3.63) is 47.4 Å². The Morgan fingerprint density at radius 2 is 1.94 bits per heavy atom. The number of nitrogens with one attached hydrogen (secondary N) is 1. The Morgan fingerprint density at radius 1 is 1.19 bits per heavy atom. The van der Waals surface area contributed by atoms with Crippen LogP contribution in [0.3, 0.4) is 0 Å². The van der Waals surface area contributed by atoms with E-state index in [1.807, 2.05) is 13.8 Å². The summed E-state index contributed by atoms with van der Waals surface area (Å²) in [7, 11) is 1.56. The number of anilines is 1. The van der Waals surface area contributed by atoms with Crippen LogP contribution in [0, 0.1) is 17.0 Å². The van der Waals surface area contributed by atoms with E-state index in [9.17, 15) is 13.6 Å². The van der Waals surface area contributed by atoms with E-state index in [0.29, 0.717) is 32.8 Å². The highest BCUT2D eigenvalue weighted by Crippen LogP contribution is 2.46. The quantitative estimate of drug-likeness (QED) is 0.542. The largest absolute Gasteiger partial charge is 0.476 e. The van der Waals surface area contributed by atoms with E-state index in [0.717, 1.165) is 6.07 Å². The maximum atomic E-state index is 15.0. The molecule has 2 aliphatic heterocycles. The molecule has 0 spiro atoms. The number of hydrogen-bond donors (Lipinski definition) is 2. The minimum absolute atomic E-state index is 0.0120. The fraction of sp³-hybridized carbons (Fsp3) is 0.500. The maximum absolute atomic E-state index is 15.0. The Bertz CT molecular complexity index is 1180. The first-order valence-electron chi connectivity index (χ1n) is 11.3. The van der Waals surface area contributed by atoms with Gasteiger partial charge in [-0.15, -0.1) is 0 Å².